The van der Waals surface area contributed by atoms with Crippen molar-refractivity contribution in [3.63, 3.8) is 0 Å². The smallest absolute Gasteiger partial charge is 0.275 e. The maximum absolute atomic E-state index is 14.3. The summed E-state index contributed by atoms with van der Waals surface area (Å²) in [5.74, 6) is -0.646. The van der Waals surface area contributed by atoms with Crippen molar-refractivity contribution in [1.82, 2.24) is 24.9 Å². The van der Waals surface area contributed by atoms with Crippen LogP contribution in [0.2, 0.25) is 0 Å². The monoisotopic (exact) mass is 431 g/mol. The lowest BCUT2D eigenvalue weighted by Crippen LogP contribution is -2.37. The first-order chi connectivity index (χ1) is 15.5. The van der Waals surface area contributed by atoms with Crippen molar-refractivity contribution in [2.75, 3.05) is 0 Å². The lowest BCUT2D eigenvalue weighted by molar-refractivity contribution is -0.122. The minimum Gasteiger partial charge on any atom is -0.348 e. The van der Waals surface area contributed by atoms with E-state index in [2.05, 4.69) is 15.5 Å². The second-order valence-electron chi connectivity index (χ2n) is 8.02. The fraction of sp³-hybridized carbons (Fsp3) is 0.250. The summed E-state index contributed by atoms with van der Waals surface area (Å²) in [5.41, 5.74) is 2.56. The molecule has 8 heteroatoms. The number of nitrogens with one attached hydrogen (secondary N) is 1. The number of carbonyl (C=O) groups is 1. The van der Waals surface area contributed by atoms with Gasteiger partial charge in [0, 0.05) is 16.6 Å². The quantitative estimate of drug-likeness (QED) is 0.538. The van der Waals surface area contributed by atoms with Gasteiger partial charge in [-0.1, -0.05) is 30.3 Å². The van der Waals surface area contributed by atoms with Gasteiger partial charge in [0.1, 0.15) is 18.0 Å². The van der Waals surface area contributed by atoms with E-state index in [1.807, 2.05) is 19.1 Å². The second-order valence-corrected chi connectivity index (χ2v) is 8.02. The number of aromatic nitrogens is 4. The van der Waals surface area contributed by atoms with Crippen molar-refractivity contribution < 1.29 is 9.18 Å². The predicted molar refractivity (Wildman–Crippen MR) is 118 cm³/mol. The molecular weight excluding hydrogens is 409 g/mol. The van der Waals surface area contributed by atoms with Crippen molar-refractivity contribution in [3.8, 4) is 5.69 Å². The Hall–Kier alpha value is -3.81. The number of carbonyl (C=O) groups excluding carboxylic acids is 1. The average Bonchev–Trinajstić information content (AvgIpc) is 3.23. The molecule has 2 aromatic carbocycles. The molecule has 0 radical (unpaired) electrons. The molecule has 162 valence electrons. The largest absolute Gasteiger partial charge is 0.348 e. The van der Waals surface area contributed by atoms with E-state index in [0.717, 1.165) is 35.9 Å². The van der Waals surface area contributed by atoms with Crippen molar-refractivity contribution in [2.45, 2.75) is 38.8 Å². The minimum atomic E-state index is -0.346. The normalized spacial score (nSPS) is 15.5. The Morgan fingerprint density at radius 1 is 1.16 bits per heavy atom. The molecule has 1 aliphatic rings. The summed E-state index contributed by atoms with van der Waals surface area (Å²) >= 11 is 0. The van der Waals surface area contributed by atoms with Gasteiger partial charge >= 0.3 is 0 Å². The third-order valence-corrected chi connectivity index (χ3v) is 5.94. The van der Waals surface area contributed by atoms with Gasteiger partial charge < -0.3 is 5.32 Å². The highest BCUT2D eigenvalue weighted by Gasteiger charge is 2.27. The summed E-state index contributed by atoms with van der Waals surface area (Å²) in [6, 6.07) is 13.5. The van der Waals surface area contributed by atoms with Crippen LogP contribution in [0.4, 0.5) is 4.39 Å². The molecule has 0 unspecified atom stereocenters. The van der Waals surface area contributed by atoms with Crippen LogP contribution >= 0.6 is 0 Å². The van der Waals surface area contributed by atoms with Crippen molar-refractivity contribution in [2.24, 2.45) is 0 Å². The maximum atomic E-state index is 14.3. The van der Waals surface area contributed by atoms with Crippen LogP contribution in [0.15, 0.2) is 59.5 Å². The summed E-state index contributed by atoms with van der Waals surface area (Å²) in [6.07, 6.45) is 4.03. The summed E-state index contributed by atoms with van der Waals surface area (Å²) in [4.78, 5) is 25.6. The molecule has 4 aromatic rings. The molecule has 1 atom stereocenters. The van der Waals surface area contributed by atoms with E-state index in [1.165, 1.54) is 10.7 Å². The number of fused-ring (bicyclic) bond motifs is 2. The number of nitrogens with zero attached hydrogens (tertiary/aromatic N) is 4. The Kier molecular flexibility index (Phi) is 5.05. The number of hydrogen-bond donors (Lipinski definition) is 1. The SMILES string of the molecule is Cc1nn(CC(=O)N[C@@H]2CCCc3c2cnn3-c2ccccc2F)c(=O)c2ccccc12. The van der Waals surface area contributed by atoms with Crippen molar-refractivity contribution in [3.05, 3.63) is 87.9 Å². The molecule has 0 saturated heterocycles. The summed E-state index contributed by atoms with van der Waals surface area (Å²) in [5, 5.41) is 13.0. The third kappa shape index (κ3) is 3.47. The van der Waals surface area contributed by atoms with Gasteiger partial charge in [0.25, 0.3) is 5.56 Å². The van der Waals surface area contributed by atoms with Crippen LogP contribution in [-0.4, -0.2) is 25.5 Å². The van der Waals surface area contributed by atoms with E-state index in [0.29, 0.717) is 16.8 Å². The fourth-order valence-corrected chi connectivity index (χ4v) is 4.43. The number of rotatable bonds is 4. The topological polar surface area (TPSA) is 81.8 Å². The molecule has 1 N–H and O–H groups in total. The molecule has 2 aromatic heterocycles. The van der Waals surface area contributed by atoms with Gasteiger partial charge in [0.15, 0.2) is 0 Å². The molecule has 2 heterocycles. The predicted octanol–water partition coefficient (Wildman–Crippen LogP) is 3.22. The van der Waals surface area contributed by atoms with E-state index in [1.54, 1.807) is 41.2 Å². The van der Waals surface area contributed by atoms with Gasteiger partial charge in [-0.3, -0.25) is 9.59 Å². The zero-order valence-electron chi connectivity index (χ0n) is 17.6. The molecule has 7 nitrogen and oxygen atoms in total. The van der Waals surface area contributed by atoms with Crippen molar-refractivity contribution in [1.29, 1.82) is 0 Å². The second kappa shape index (κ2) is 8.03. The van der Waals surface area contributed by atoms with Gasteiger partial charge in [-0.2, -0.15) is 10.2 Å². The molecule has 5 rings (SSSR count). The summed E-state index contributed by atoms with van der Waals surface area (Å²) in [7, 11) is 0. The molecular formula is C24H22FN5O2. The van der Waals surface area contributed by atoms with Gasteiger partial charge in [-0.25, -0.2) is 13.8 Å². The highest BCUT2D eigenvalue weighted by atomic mass is 19.1. The van der Waals surface area contributed by atoms with E-state index < -0.39 is 0 Å². The Morgan fingerprint density at radius 3 is 2.72 bits per heavy atom. The highest BCUT2D eigenvalue weighted by molar-refractivity contribution is 5.83. The van der Waals surface area contributed by atoms with Crippen LogP contribution in [0.25, 0.3) is 16.5 Å². The van der Waals surface area contributed by atoms with Gasteiger partial charge in [-0.15, -0.1) is 0 Å². The zero-order valence-corrected chi connectivity index (χ0v) is 17.6. The Bertz CT molecular complexity index is 1390. The molecule has 32 heavy (non-hydrogen) atoms. The standard InChI is InChI=1S/C24H22FN5O2/c1-15-16-7-2-3-8-17(16)24(32)29(28-15)14-23(31)27-20-10-6-12-21-18(20)13-26-30(21)22-11-5-4-9-19(22)25/h2-5,7-9,11,13,20H,6,10,12,14H2,1H3,(H,27,31)/t20-/m1/s1. The molecule has 0 bridgehead atoms. The van der Waals surface area contributed by atoms with E-state index >= 15 is 0 Å². The summed E-state index contributed by atoms with van der Waals surface area (Å²) < 4.78 is 17.1. The maximum Gasteiger partial charge on any atom is 0.275 e. The highest BCUT2D eigenvalue weighted by Crippen LogP contribution is 2.31. The van der Waals surface area contributed by atoms with Crippen LogP contribution in [0.5, 0.6) is 0 Å². The Morgan fingerprint density at radius 2 is 1.91 bits per heavy atom. The lowest BCUT2D eigenvalue weighted by Gasteiger charge is -2.24. The van der Waals surface area contributed by atoms with Crippen LogP contribution in [-0.2, 0) is 17.8 Å². The fourth-order valence-electron chi connectivity index (χ4n) is 4.43. The minimum absolute atomic E-state index is 0.169. The third-order valence-electron chi connectivity index (χ3n) is 5.94. The first kappa shape index (κ1) is 20.1. The van der Waals surface area contributed by atoms with Gasteiger partial charge in [0.05, 0.1) is 23.3 Å². The number of para-hydroxylation sites is 1. The van der Waals surface area contributed by atoms with E-state index in [-0.39, 0.29) is 29.9 Å². The van der Waals surface area contributed by atoms with Crippen LogP contribution in [0, 0.1) is 12.7 Å². The van der Waals surface area contributed by atoms with Crippen molar-refractivity contribution >= 4 is 16.7 Å². The lowest BCUT2D eigenvalue weighted by atomic mass is 9.93. The van der Waals surface area contributed by atoms with Crippen LogP contribution in [0.1, 0.15) is 35.8 Å². The van der Waals surface area contributed by atoms with Gasteiger partial charge in [0.2, 0.25) is 5.91 Å². The first-order valence-electron chi connectivity index (χ1n) is 10.6. The number of hydrogen-bond acceptors (Lipinski definition) is 4. The van der Waals surface area contributed by atoms with Gasteiger partial charge in [-0.05, 0) is 44.4 Å². The zero-order chi connectivity index (χ0) is 22.2. The molecule has 0 spiro atoms. The van der Waals surface area contributed by atoms with E-state index in [9.17, 15) is 14.0 Å². The number of benzene rings is 2. The van der Waals surface area contributed by atoms with Crippen LogP contribution < -0.4 is 10.9 Å². The molecule has 1 aliphatic carbocycles. The Balaban J connectivity index is 1.39. The Labute approximate surface area is 183 Å². The average molecular weight is 431 g/mol. The van der Waals surface area contributed by atoms with E-state index in [4.69, 9.17) is 0 Å². The molecule has 0 fully saturated rings. The summed E-state index contributed by atoms with van der Waals surface area (Å²) in [6.45, 7) is 1.65. The number of halogens is 1. The van der Waals surface area contributed by atoms with Crippen LogP contribution in [0.3, 0.4) is 0 Å². The number of aryl methyl sites for hydroxylation is 1. The molecule has 0 aliphatic heterocycles. The molecule has 0 saturated carbocycles. The molecule has 1 amide bonds. The number of amides is 1. The first-order valence-corrected chi connectivity index (χ1v) is 10.6.